The Morgan fingerprint density at radius 1 is 0.440 bits per heavy atom. The summed E-state index contributed by atoms with van der Waals surface area (Å²) < 4.78 is 122. The van der Waals surface area contributed by atoms with Crippen LogP contribution < -0.4 is 0 Å². The Labute approximate surface area is 497 Å². The van der Waals surface area contributed by atoms with Gasteiger partial charge in [-0.25, -0.2) is 0 Å². The van der Waals surface area contributed by atoms with Gasteiger partial charge in [-0.05, 0) is 105 Å². The Morgan fingerprint density at radius 2 is 0.857 bits per heavy atom. The summed E-state index contributed by atoms with van der Waals surface area (Å²) in [5.74, 6) is 0.613. The van der Waals surface area contributed by atoms with Crippen molar-refractivity contribution in [2.75, 3.05) is 35.5 Å². The quantitative estimate of drug-likeness (QED) is 0.159. The van der Waals surface area contributed by atoms with E-state index in [2.05, 4.69) is 20.8 Å². The van der Waals surface area contributed by atoms with E-state index in [1.54, 1.807) is 42.5 Å². The zero-order valence-corrected chi connectivity index (χ0v) is 52.3. The molecule has 3 unspecified atom stereocenters. The molecule has 2 bridgehead atoms. The molecule has 11 rings (SSSR count). The number of fused-ring (bicyclic) bond motifs is 5. The predicted octanol–water partition coefficient (Wildman–Crippen LogP) is 6.01. The topological polar surface area (TPSA) is 233 Å². The van der Waals surface area contributed by atoms with Crippen LogP contribution in [0.15, 0.2) is 0 Å². The number of carbonyl (C=O) groups is 1. The first kappa shape index (κ1) is 64.4. The van der Waals surface area contributed by atoms with Crippen LogP contribution in [-0.4, -0.2) is 223 Å². The number of rotatable bonds is 17. The molecule has 0 amide bonds. The van der Waals surface area contributed by atoms with Gasteiger partial charge < -0.3 is 100 Å². The average molecular weight is 1200 g/mol. The van der Waals surface area contributed by atoms with Gasteiger partial charge in [0.2, 0.25) is 0 Å². The normalized spacial score (nSPS) is 54.3. The van der Waals surface area contributed by atoms with Crippen molar-refractivity contribution in [3.63, 3.8) is 0 Å². The number of hydrogen-bond donors (Lipinski definition) is 2. The highest BCUT2D eigenvalue weighted by Gasteiger charge is 2.70. The molecule has 0 aromatic heterocycles. The monoisotopic (exact) mass is 1200 g/mol. The summed E-state index contributed by atoms with van der Waals surface area (Å²) in [5, 5.41) is 22.1. The van der Waals surface area contributed by atoms with Crippen molar-refractivity contribution in [1.29, 1.82) is 0 Å². The molecule has 0 radical (unpaired) electrons. The van der Waals surface area contributed by atoms with Crippen LogP contribution in [-0.2, 0) is 94.8 Å². The third-order valence-electron chi connectivity index (χ3n) is 22.3. The molecule has 0 aromatic carbocycles. The van der Waals surface area contributed by atoms with E-state index >= 15 is 0 Å². The van der Waals surface area contributed by atoms with Crippen LogP contribution in [0.5, 0.6) is 0 Å². The second-order valence-corrected chi connectivity index (χ2v) is 27.1. The van der Waals surface area contributed by atoms with Crippen molar-refractivity contribution in [1.82, 2.24) is 0 Å². The van der Waals surface area contributed by atoms with E-state index in [9.17, 15) is 15.0 Å². The lowest BCUT2D eigenvalue weighted by atomic mass is 9.52. The van der Waals surface area contributed by atoms with Gasteiger partial charge in [0.05, 0.1) is 97.0 Å². The number of carbonyl (C=O) groups excluding carboxylic acids is 1. The standard InChI is InChI=1S/C62H102O22/c1-29-38-15-16-46(64)61(38,9)47-28-45-60(8)19-18-37(21-36(60)17-20-62(45,83-29)84-47)77-49-24-41(67-11)56(32(4)73-49)79-48-22-39(63)55(31(3)72-48)78-51-25-42(68-12)58(33(5)74-51)81-53-27-44(70-14)59(35(7)76-53)82-52-26-43(69-13)57(34(6)75-52)80-50-23-40(66-10)54(65)30(2)71-50/h29-45,47-59,63,65H,15-28H2,1-14H3/t29?,30-,31-,32-,33-,34-,35-,36?,37+,38-,39+,40-,41-,42-,43+,44-,45-,47?,48+,49+,50+,51+,52+,53+,54-,55-,56-,57-,58-,59-,60+,61-,62+/m1/s1. The van der Waals surface area contributed by atoms with Crippen molar-refractivity contribution >= 4 is 5.78 Å². The number of aliphatic hydroxyl groups excluding tert-OH is 2. The Kier molecular flexibility index (Phi) is 20.1. The molecule has 8 aliphatic heterocycles. The fraction of sp³-hybridized carbons (Fsp3) is 0.984. The lowest BCUT2D eigenvalue weighted by Crippen LogP contribution is -2.58. The molecule has 2 N–H and O–H groups in total. The summed E-state index contributed by atoms with van der Waals surface area (Å²) in [4.78, 5) is 13.5. The number of ketones is 1. The van der Waals surface area contributed by atoms with Gasteiger partial charge >= 0.3 is 0 Å². The van der Waals surface area contributed by atoms with Crippen molar-refractivity contribution in [2.24, 2.45) is 28.6 Å². The van der Waals surface area contributed by atoms with Gasteiger partial charge in [-0.15, -0.1) is 0 Å². The van der Waals surface area contributed by atoms with Gasteiger partial charge in [-0.1, -0.05) is 6.92 Å². The average Bonchev–Trinajstić information content (AvgIpc) is 1.59. The number of methoxy groups -OCH3 is 5. The molecule has 482 valence electrons. The van der Waals surface area contributed by atoms with E-state index in [1.807, 2.05) is 34.6 Å². The minimum atomic E-state index is -0.924. The molecule has 0 aromatic rings. The number of Topliss-reactive ketones (excluding diaryl/α,β-unsaturated/α-hetero) is 1. The smallest absolute Gasteiger partial charge is 0.172 e. The fourth-order valence-electron chi connectivity index (χ4n) is 17.5. The zero-order valence-electron chi connectivity index (χ0n) is 52.3. The van der Waals surface area contributed by atoms with E-state index in [0.717, 1.165) is 44.9 Å². The highest BCUT2D eigenvalue weighted by atomic mass is 16.8. The zero-order chi connectivity index (χ0) is 59.7. The van der Waals surface area contributed by atoms with Crippen LogP contribution in [0.3, 0.4) is 0 Å². The number of hydrogen-bond acceptors (Lipinski definition) is 22. The molecule has 1 spiro atoms. The number of aliphatic hydroxyl groups is 2. The Balaban J connectivity index is 0.623. The van der Waals surface area contributed by atoms with Crippen molar-refractivity contribution < 1.29 is 105 Å². The maximum atomic E-state index is 13.5. The van der Waals surface area contributed by atoms with Gasteiger partial charge in [0, 0.05) is 98.8 Å². The van der Waals surface area contributed by atoms with Crippen LogP contribution in [0.1, 0.15) is 152 Å². The third kappa shape index (κ3) is 12.4. The van der Waals surface area contributed by atoms with Gasteiger partial charge in [0.1, 0.15) is 42.4 Å². The lowest BCUT2D eigenvalue weighted by molar-refractivity contribution is -0.354. The minimum Gasteiger partial charge on any atom is -0.390 e. The third-order valence-corrected chi connectivity index (χ3v) is 22.3. The highest BCUT2D eigenvalue weighted by molar-refractivity contribution is 5.88. The first-order chi connectivity index (χ1) is 40.1. The molecular formula is C62H102O22. The molecule has 8 heterocycles. The highest BCUT2D eigenvalue weighted by Crippen LogP contribution is 2.67. The van der Waals surface area contributed by atoms with Crippen LogP contribution in [0.25, 0.3) is 0 Å². The first-order valence-corrected chi connectivity index (χ1v) is 31.9. The Morgan fingerprint density at radius 3 is 1.32 bits per heavy atom. The Hall–Kier alpha value is -1.17. The maximum absolute atomic E-state index is 13.5. The van der Waals surface area contributed by atoms with Crippen molar-refractivity contribution in [2.45, 2.75) is 324 Å². The molecule has 11 fully saturated rings. The molecule has 84 heavy (non-hydrogen) atoms. The summed E-state index contributed by atoms with van der Waals surface area (Å²) in [6, 6.07) is 0. The molecule has 11 aliphatic rings. The van der Waals surface area contributed by atoms with E-state index in [1.165, 1.54) is 0 Å². The van der Waals surface area contributed by atoms with Gasteiger partial charge in [0.15, 0.2) is 43.5 Å². The molecule has 8 saturated heterocycles. The Bertz CT molecular complexity index is 2170. The first-order valence-electron chi connectivity index (χ1n) is 31.9. The largest absolute Gasteiger partial charge is 0.390 e. The summed E-state index contributed by atoms with van der Waals surface area (Å²) in [6.07, 6.45) is -3.71. The van der Waals surface area contributed by atoms with E-state index in [-0.39, 0.29) is 60.3 Å². The van der Waals surface area contributed by atoms with E-state index in [0.29, 0.717) is 50.2 Å². The summed E-state index contributed by atoms with van der Waals surface area (Å²) >= 11 is 0. The van der Waals surface area contributed by atoms with Crippen LogP contribution in [0.2, 0.25) is 0 Å². The fourth-order valence-corrected chi connectivity index (χ4v) is 17.5. The SMILES string of the molecule is CO[C@H]1C[C@H](O[C@@H]2[C@@H](C)O[C@@H](O[C@@H]3[C@@H](C)O[C@@H](O[C@H]4[C@@H](O)C[C@H](O[C@@H]5[C@@H](C)O[C@@H](O[C@H]6CC[C@@]7(C)C(CC[C@@]89OC(C)[C@H]%10CCC(=O)[C@]%10(C)C(C[C@@H]87)O9)C6)C[C@H]5OC)O[C@@H]4C)C[C@H]3OC)C[C@H]2OC)O[C@H](C)[C@H]1O[C@H]1C[C@@H](OC)[C@H](O)[C@@H](C)O1. The van der Waals surface area contributed by atoms with Crippen LogP contribution in [0.4, 0.5) is 0 Å². The van der Waals surface area contributed by atoms with Gasteiger partial charge in [-0.2, -0.15) is 0 Å². The molecule has 3 saturated carbocycles. The van der Waals surface area contributed by atoms with Gasteiger partial charge in [-0.3, -0.25) is 4.79 Å². The molecule has 3 aliphatic carbocycles. The molecule has 33 atom stereocenters. The van der Waals surface area contributed by atoms with E-state index < -0.39 is 141 Å². The maximum Gasteiger partial charge on any atom is 0.172 e. The van der Waals surface area contributed by atoms with Crippen molar-refractivity contribution in [3.05, 3.63) is 0 Å². The second-order valence-electron chi connectivity index (χ2n) is 27.1. The molecule has 22 nitrogen and oxygen atoms in total. The predicted molar refractivity (Wildman–Crippen MR) is 296 cm³/mol. The van der Waals surface area contributed by atoms with Crippen LogP contribution in [0, 0.1) is 28.6 Å². The summed E-state index contributed by atoms with van der Waals surface area (Å²) in [5.41, 5.74) is -0.459. The van der Waals surface area contributed by atoms with E-state index in [4.69, 9.17) is 90.0 Å². The van der Waals surface area contributed by atoms with Gasteiger partial charge in [0.25, 0.3) is 0 Å². The van der Waals surface area contributed by atoms with Crippen LogP contribution >= 0.6 is 0 Å². The van der Waals surface area contributed by atoms with Crippen molar-refractivity contribution in [3.8, 4) is 0 Å². The summed E-state index contributed by atoms with van der Waals surface area (Å²) in [7, 11) is 8.18. The molecular weight excluding hydrogens is 1100 g/mol. The molecule has 22 heteroatoms. The summed E-state index contributed by atoms with van der Waals surface area (Å²) in [6.45, 7) is 18.2. The number of ether oxygens (including phenoxy) is 19. The second kappa shape index (κ2) is 26.2. The lowest BCUT2D eigenvalue weighted by Gasteiger charge is -2.57. The minimum absolute atomic E-state index is 0.00995.